The largest absolute Gasteiger partial charge is 0.508 e. The third kappa shape index (κ3) is 1.61. The highest BCUT2D eigenvalue weighted by Crippen LogP contribution is 2.33. The quantitative estimate of drug-likeness (QED) is 0.622. The number of H-pyrrole nitrogens is 1. The number of nitrogens with zero attached hydrogens (tertiary/aromatic N) is 3. The van der Waals surface area contributed by atoms with Crippen molar-refractivity contribution in [1.82, 2.24) is 15.0 Å². The summed E-state index contributed by atoms with van der Waals surface area (Å²) in [5, 5.41) is 21.2. The molecule has 0 amide bonds. The topological polar surface area (TPSA) is 85.3 Å². The molecule has 4 rings (SSSR count). The number of nitrogens with one attached hydrogen (secondary N) is 1. The Morgan fingerprint density at radius 3 is 3.00 bits per heavy atom. The number of β-amino-alcohol motifs (C(OH)–C–C–N with tert-alkyl or cyclic N) is 1. The van der Waals surface area contributed by atoms with Gasteiger partial charge in [0.1, 0.15) is 23.5 Å². The highest BCUT2D eigenvalue weighted by molar-refractivity contribution is 6.11. The molecule has 1 aliphatic rings. The molecular formula is C14H14N4O2. The van der Waals surface area contributed by atoms with Gasteiger partial charge in [0.15, 0.2) is 0 Å². The first-order chi connectivity index (χ1) is 9.72. The summed E-state index contributed by atoms with van der Waals surface area (Å²) in [6, 6.07) is 5.19. The summed E-state index contributed by atoms with van der Waals surface area (Å²) in [5.41, 5.74) is 1.66. The third-order valence-corrected chi connectivity index (χ3v) is 3.82. The van der Waals surface area contributed by atoms with Crippen molar-refractivity contribution in [1.29, 1.82) is 0 Å². The number of benzene rings is 1. The molecule has 3 aromatic rings. The standard InChI is InChI=1S/C14H14N4O2/c19-8-1-2-11-10(5-8)12-13(17-11)15-7-16-14(12)18-4-3-9(20)6-18/h1-2,5,7,9,19-20H,3-4,6H2,(H,15,16,17). The lowest BCUT2D eigenvalue weighted by Gasteiger charge is -2.17. The first-order valence-corrected chi connectivity index (χ1v) is 6.61. The van der Waals surface area contributed by atoms with Crippen molar-refractivity contribution < 1.29 is 10.2 Å². The number of rotatable bonds is 1. The van der Waals surface area contributed by atoms with E-state index in [4.69, 9.17) is 0 Å². The summed E-state index contributed by atoms with van der Waals surface area (Å²) < 4.78 is 0. The van der Waals surface area contributed by atoms with E-state index in [1.54, 1.807) is 12.1 Å². The second-order valence-electron chi connectivity index (χ2n) is 5.16. The van der Waals surface area contributed by atoms with Gasteiger partial charge in [0, 0.05) is 24.0 Å². The van der Waals surface area contributed by atoms with Crippen LogP contribution in [0.3, 0.4) is 0 Å². The molecule has 2 aromatic heterocycles. The number of aromatic nitrogens is 3. The van der Waals surface area contributed by atoms with Crippen molar-refractivity contribution in [2.75, 3.05) is 18.0 Å². The van der Waals surface area contributed by atoms with Gasteiger partial charge in [-0.1, -0.05) is 0 Å². The molecule has 1 atom stereocenters. The van der Waals surface area contributed by atoms with E-state index in [-0.39, 0.29) is 11.9 Å². The van der Waals surface area contributed by atoms with Crippen LogP contribution in [0.1, 0.15) is 6.42 Å². The Hall–Kier alpha value is -2.34. The molecule has 0 bridgehead atoms. The molecule has 1 aliphatic heterocycles. The monoisotopic (exact) mass is 270 g/mol. The second-order valence-corrected chi connectivity index (χ2v) is 5.16. The fourth-order valence-electron chi connectivity index (χ4n) is 2.87. The Kier molecular flexibility index (Phi) is 2.34. The lowest BCUT2D eigenvalue weighted by atomic mass is 10.2. The normalized spacial score (nSPS) is 19.2. The van der Waals surface area contributed by atoms with Crippen LogP contribution in [0.4, 0.5) is 5.82 Å². The van der Waals surface area contributed by atoms with Gasteiger partial charge in [0.2, 0.25) is 0 Å². The molecule has 1 aromatic carbocycles. The van der Waals surface area contributed by atoms with Crippen molar-refractivity contribution in [2.45, 2.75) is 12.5 Å². The van der Waals surface area contributed by atoms with Gasteiger partial charge in [-0.2, -0.15) is 0 Å². The van der Waals surface area contributed by atoms with Gasteiger partial charge < -0.3 is 20.1 Å². The summed E-state index contributed by atoms with van der Waals surface area (Å²) in [6.07, 6.45) is 1.97. The van der Waals surface area contributed by atoms with Gasteiger partial charge in [-0.25, -0.2) is 9.97 Å². The Balaban J connectivity index is 2.00. The molecule has 6 nitrogen and oxygen atoms in total. The van der Waals surface area contributed by atoms with Gasteiger partial charge in [0.05, 0.1) is 11.5 Å². The summed E-state index contributed by atoms with van der Waals surface area (Å²) in [6.45, 7) is 1.36. The maximum absolute atomic E-state index is 9.71. The zero-order valence-corrected chi connectivity index (χ0v) is 10.7. The number of fused-ring (bicyclic) bond motifs is 3. The number of aliphatic hydroxyl groups excluding tert-OH is 1. The van der Waals surface area contributed by atoms with Crippen molar-refractivity contribution in [3.63, 3.8) is 0 Å². The number of phenolic OH excluding ortho intramolecular Hbond substituents is 1. The molecule has 3 N–H and O–H groups in total. The molecule has 0 aliphatic carbocycles. The molecular weight excluding hydrogens is 256 g/mol. The second kappa shape index (κ2) is 4.08. The molecule has 0 radical (unpaired) electrons. The minimum Gasteiger partial charge on any atom is -0.508 e. The average Bonchev–Trinajstić information content (AvgIpc) is 3.02. The number of aliphatic hydroxyl groups is 1. The predicted molar refractivity (Wildman–Crippen MR) is 75.9 cm³/mol. The van der Waals surface area contributed by atoms with Crippen molar-refractivity contribution in [2.24, 2.45) is 0 Å². The Bertz CT molecular complexity index is 798. The van der Waals surface area contributed by atoms with Crippen LogP contribution in [-0.4, -0.2) is 44.4 Å². The minimum absolute atomic E-state index is 0.217. The summed E-state index contributed by atoms with van der Waals surface area (Å²) >= 11 is 0. The Morgan fingerprint density at radius 2 is 2.20 bits per heavy atom. The van der Waals surface area contributed by atoms with Crippen molar-refractivity contribution >= 4 is 27.8 Å². The van der Waals surface area contributed by atoms with Crippen LogP contribution in [-0.2, 0) is 0 Å². The van der Waals surface area contributed by atoms with Crippen LogP contribution in [0.15, 0.2) is 24.5 Å². The van der Waals surface area contributed by atoms with Gasteiger partial charge in [-0.3, -0.25) is 0 Å². The zero-order chi connectivity index (χ0) is 13.7. The van der Waals surface area contributed by atoms with Gasteiger partial charge in [-0.15, -0.1) is 0 Å². The first-order valence-electron chi connectivity index (χ1n) is 6.61. The minimum atomic E-state index is -0.307. The van der Waals surface area contributed by atoms with Gasteiger partial charge >= 0.3 is 0 Å². The highest BCUT2D eigenvalue weighted by Gasteiger charge is 2.24. The number of anilines is 1. The number of hydrogen-bond donors (Lipinski definition) is 3. The SMILES string of the molecule is Oc1ccc2[nH]c3ncnc(N4CCC(O)C4)c3c2c1. The zero-order valence-electron chi connectivity index (χ0n) is 10.7. The van der Waals surface area contributed by atoms with E-state index in [1.807, 2.05) is 6.07 Å². The van der Waals surface area contributed by atoms with E-state index in [2.05, 4.69) is 19.9 Å². The van der Waals surface area contributed by atoms with Gasteiger partial charge in [-0.05, 0) is 24.6 Å². The van der Waals surface area contributed by atoms with E-state index in [0.717, 1.165) is 40.7 Å². The summed E-state index contributed by atoms with van der Waals surface area (Å²) in [5.74, 6) is 1.03. The molecule has 3 heterocycles. The van der Waals surface area contributed by atoms with E-state index in [0.29, 0.717) is 6.54 Å². The molecule has 1 unspecified atom stereocenters. The summed E-state index contributed by atoms with van der Waals surface area (Å²) in [4.78, 5) is 13.9. The number of aromatic hydroxyl groups is 1. The fourth-order valence-corrected chi connectivity index (χ4v) is 2.87. The molecule has 1 fully saturated rings. The maximum Gasteiger partial charge on any atom is 0.143 e. The fraction of sp³-hybridized carbons (Fsp3) is 0.286. The maximum atomic E-state index is 9.71. The van der Waals surface area contributed by atoms with Crippen LogP contribution in [0.25, 0.3) is 21.9 Å². The molecule has 0 spiro atoms. The van der Waals surface area contributed by atoms with Crippen LogP contribution in [0.5, 0.6) is 5.75 Å². The van der Waals surface area contributed by atoms with Crippen LogP contribution in [0, 0.1) is 0 Å². The molecule has 0 saturated carbocycles. The van der Waals surface area contributed by atoms with Crippen molar-refractivity contribution in [3.05, 3.63) is 24.5 Å². The summed E-state index contributed by atoms with van der Waals surface area (Å²) in [7, 11) is 0. The molecule has 20 heavy (non-hydrogen) atoms. The Labute approximate surface area is 114 Å². The third-order valence-electron chi connectivity index (χ3n) is 3.82. The Morgan fingerprint density at radius 1 is 1.30 bits per heavy atom. The average molecular weight is 270 g/mol. The van der Waals surface area contributed by atoms with Crippen LogP contribution in [0.2, 0.25) is 0 Å². The van der Waals surface area contributed by atoms with E-state index in [9.17, 15) is 10.2 Å². The predicted octanol–water partition coefficient (Wildman–Crippen LogP) is 1.39. The van der Waals surface area contributed by atoms with Crippen molar-refractivity contribution in [3.8, 4) is 5.75 Å². The van der Waals surface area contributed by atoms with Crippen LogP contribution < -0.4 is 4.90 Å². The smallest absolute Gasteiger partial charge is 0.143 e. The number of aromatic amines is 1. The first kappa shape index (κ1) is 11.5. The lowest BCUT2D eigenvalue weighted by Crippen LogP contribution is -2.22. The van der Waals surface area contributed by atoms with Gasteiger partial charge in [0.25, 0.3) is 0 Å². The molecule has 102 valence electrons. The van der Waals surface area contributed by atoms with Crippen LogP contribution >= 0.6 is 0 Å². The number of phenols is 1. The highest BCUT2D eigenvalue weighted by atomic mass is 16.3. The van der Waals surface area contributed by atoms with E-state index >= 15 is 0 Å². The number of hydrogen-bond acceptors (Lipinski definition) is 5. The van der Waals surface area contributed by atoms with E-state index < -0.39 is 0 Å². The lowest BCUT2D eigenvalue weighted by molar-refractivity contribution is 0.198. The molecule has 1 saturated heterocycles. The molecule has 6 heteroatoms. The van der Waals surface area contributed by atoms with E-state index in [1.165, 1.54) is 6.33 Å².